The summed E-state index contributed by atoms with van der Waals surface area (Å²) in [5.41, 5.74) is 0.304. The fourth-order valence-electron chi connectivity index (χ4n) is 1.83. The van der Waals surface area contributed by atoms with Gasteiger partial charge in [-0.3, -0.25) is 0 Å². The first-order chi connectivity index (χ1) is 9.70. The summed E-state index contributed by atoms with van der Waals surface area (Å²) in [4.78, 5) is 8.21. The SMILES string of the molecule is CC(C)c1c(Cl)nc(-c2ccc(C(F)(F)F)cc2)nc1Cl. The van der Waals surface area contributed by atoms with E-state index >= 15 is 0 Å². The van der Waals surface area contributed by atoms with Gasteiger partial charge in [0, 0.05) is 11.1 Å². The van der Waals surface area contributed by atoms with Crippen LogP contribution in [0.2, 0.25) is 10.3 Å². The van der Waals surface area contributed by atoms with Gasteiger partial charge in [0.05, 0.1) is 5.56 Å². The standard InChI is InChI=1S/C14H11Cl2F3N2/c1-7(2)10-11(15)20-13(21-12(10)16)8-3-5-9(6-4-8)14(17,18)19/h3-7H,1-2H3. The zero-order valence-electron chi connectivity index (χ0n) is 11.2. The van der Waals surface area contributed by atoms with Crippen LogP contribution >= 0.6 is 23.2 Å². The van der Waals surface area contributed by atoms with Crippen molar-refractivity contribution in [3.05, 3.63) is 45.7 Å². The molecule has 0 fully saturated rings. The molecule has 1 heterocycles. The number of alkyl halides is 3. The quantitative estimate of drug-likeness (QED) is 0.668. The first-order valence-corrected chi connectivity index (χ1v) is 6.86. The summed E-state index contributed by atoms with van der Waals surface area (Å²) in [7, 11) is 0. The minimum absolute atomic E-state index is 0.0478. The average Bonchev–Trinajstić information content (AvgIpc) is 2.36. The van der Waals surface area contributed by atoms with Crippen LogP contribution in [-0.4, -0.2) is 9.97 Å². The molecule has 0 radical (unpaired) electrons. The summed E-state index contributed by atoms with van der Waals surface area (Å²) < 4.78 is 37.6. The van der Waals surface area contributed by atoms with Crippen LogP contribution < -0.4 is 0 Å². The zero-order valence-corrected chi connectivity index (χ0v) is 12.7. The monoisotopic (exact) mass is 334 g/mol. The molecular weight excluding hydrogens is 324 g/mol. The minimum Gasteiger partial charge on any atom is -0.216 e. The molecule has 7 heteroatoms. The van der Waals surface area contributed by atoms with Crippen LogP contribution in [0.25, 0.3) is 11.4 Å². The fraction of sp³-hybridized carbons (Fsp3) is 0.286. The molecular formula is C14H11Cl2F3N2. The molecule has 0 aliphatic carbocycles. The molecule has 0 aliphatic rings. The van der Waals surface area contributed by atoms with Crippen molar-refractivity contribution in [3.8, 4) is 11.4 Å². The van der Waals surface area contributed by atoms with Crippen molar-refractivity contribution < 1.29 is 13.2 Å². The highest BCUT2D eigenvalue weighted by Crippen LogP contribution is 2.33. The van der Waals surface area contributed by atoms with Crippen molar-refractivity contribution in [2.24, 2.45) is 0 Å². The highest BCUT2D eigenvalue weighted by atomic mass is 35.5. The Morgan fingerprint density at radius 2 is 1.43 bits per heavy atom. The molecule has 0 N–H and O–H groups in total. The van der Waals surface area contributed by atoms with Crippen LogP contribution in [0, 0.1) is 0 Å². The molecule has 1 aromatic heterocycles. The smallest absolute Gasteiger partial charge is 0.216 e. The van der Waals surface area contributed by atoms with E-state index in [2.05, 4.69) is 9.97 Å². The summed E-state index contributed by atoms with van der Waals surface area (Å²) in [6, 6.07) is 4.52. The summed E-state index contributed by atoms with van der Waals surface area (Å²) in [6.07, 6.45) is -4.38. The third kappa shape index (κ3) is 3.47. The molecule has 1 aromatic carbocycles. The number of hydrogen-bond donors (Lipinski definition) is 0. The molecule has 2 nitrogen and oxygen atoms in total. The molecule has 2 aromatic rings. The van der Waals surface area contributed by atoms with E-state index in [1.54, 1.807) is 0 Å². The molecule has 0 amide bonds. The molecule has 0 bridgehead atoms. The van der Waals surface area contributed by atoms with Gasteiger partial charge in [-0.25, -0.2) is 9.97 Å². The number of aromatic nitrogens is 2. The normalized spacial score (nSPS) is 12.0. The van der Waals surface area contributed by atoms with Gasteiger partial charge < -0.3 is 0 Å². The highest BCUT2D eigenvalue weighted by Gasteiger charge is 2.30. The van der Waals surface area contributed by atoms with E-state index in [0.717, 1.165) is 12.1 Å². The van der Waals surface area contributed by atoms with Crippen LogP contribution in [0.5, 0.6) is 0 Å². The van der Waals surface area contributed by atoms with E-state index < -0.39 is 11.7 Å². The van der Waals surface area contributed by atoms with Gasteiger partial charge >= 0.3 is 6.18 Å². The lowest BCUT2D eigenvalue weighted by Gasteiger charge is -2.11. The van der Waals surface area contributed by atoms with Gasteiger partial charge in [0.15, 0.2) is 5.82 Å². The van der Waals surface area contributed by atoms with E-state index in [1.807, 2.05) is 13.8 Å². The van der Waals surface area contributed by atoms with Crippen LogP contribution in [0.1, 0.15) is 30.9 Å². The second kappa shape index (κ2) is 5.81. The van der Waals surface area contributed by atoms with E-state index in [1.165, 1.54) is 12.1 Å². The van der Waals surface area contributed by atoms with E-state index in [0.29, 0.717) is 11.1 Å². The molecule has 112 valence electrons. The molecule has 0 unspecified atom stereocenters. The minimum atomic E-state index is -4.38. The fourth-order valence-corrected chi connectivity index (χ4v) is 2.65. The Morgan fingerprint density at radius 1 is 0.952 bits per heavy atom. The van der Waals surface area contributed by atoms with Gasteiger partial charge in [0.2, 0.25) is 0 Å². The number of benzene rings is 1. The summed E-state index contributed by atoms with van der Waals surface area (Å²) in [5.74, 6) is 0.245. The number of halogens is 5. The molecule has 0 saturated heterocycles. The number of hydrogen-bond acceptors (Lipinski definition) is 2. The van der Waals surface area contributed by atoms with Gasteiger partial charge in [0.25, 0.3) is 0 Å². The van der Waals surface area contributed by atoms with Crippen molar-refractivity contribution >= 4 is 23.2 Å². The Kier molecular flexibility index (Phi) is 4.44. The first kappa shape index (κ1) is 16.0. The Bertz CT molecular complexity index is 629. The van der Waals surface area contributed by atoms with Crippen LogP contribution in [0.15, 0.2) is 24.3 Å². The molecule has 21 heavy (non-hydrogen) atoms. The summed E-state index contributed by atoms with van der Waals surface area (Å²) >= 11 is 12.1. The van der Waals surface area contributed by atoms with Gasteiger partial charge in [-0.15, -0.1) is 0 Å². The van der Waals surface area contributed by atoms with Gasteiger partial charge in [-0.2, -0.15) is 13.2 Å². The van der Waals surface area contributed by atoms with Gasteiger partial charge in [-0.1, -0.05) is 49.2 Å². The van der Waals surface area contributed by atoms with Crippen molar-refractivity contribution in [3.63, 3.8) is 0 Å². The predicted molar refractivity (Wildman–Crippen MR) is 76.6 cm³/mol. The van der Waals surface area contributed by atoms with E-state index in [9.17, 15) is 13.2 Å². The van der Waals surface area contributed by atoms with Gasteiger partial charge in [0.1, 0.15) is 10.3 Å². The lowest BCUT2D eigenvalue weighted by atomic mass is 10.1. The number of nitrogens with zero attached hydrogens (tertiary/aromatic N) is 2. The lowest BCUT2D eigenvalue weighted by molar-refractivity contribution is -0.137. The number of rotatable bonds is 2. The largest absolute Gasteiger partial charge is 0.416 e. The van der Waals surface area contributed by atoms with Crippen molar-refractivity contribution in [1.82, 2.24) is 9.97 Å². The van der Waals surface area contributed by atoms with Crippen LogP contribution in [0.3, 0.4) is 0 Å². The topological polar surface area (TPSA) is 25.8 Å². The molecule has 0 spiro atoms. The predicted octanol–water partition coefficient (Wildman–Crippen LogP) is 5.59. The summed E-state index contributed by atoms with van der Waals surface area (Å²) in [5, 5.41) is 0.416. The summed E-state index contributed by atoms with van der Waals surface area (Å²) in [6.45, 7) is 3.79. The maximum atomic E-state index is 12.5. The molecule has 0 saturated carbocycles. The van der Waals surface area contributed by atoms with Crippen LogP contribution in [0.4, 0.5) is 13.2 Å². The second-order valence-corrected chi connectivity index (χ2v) is 5.49. The highest BCUT2D eigenvalue weighted by molar-refractivity contribution is 6.34. The van der Waals surface area contributed by atoms with Crippen LogP contribution in [-0.2, 0) is 6.18 Å². The van der Waals surface area contributed by atoms with E-state index in [-0.39, 0.29) is 22.0 Å². The van der Waals surface area contributed by atoms with E-state index in [4.69, 9.17) is 23.2 Å². The Hall–Kier alpha value is -1.33. The molecule has 2 rings (SSSR count). The Balaban J connectivity index is 2.44. The van der Waals surface area contributed by atoms with Crippen molar-refractivity contribution in [1.29, 1.82) is 0 Å². The second-order valence-electron chi connectivity index (χ2n) is 4.77. The third-order valence-electron chi connectivity index (χ3n) is 2.90. The lowest BCUT2D eigenvalue weighted by Crippen LogP contribution is -2.04. The van der Waals surface area contributed by atoms with Crippen molar-refractivity contribution in [2.75, 3.05) is 0 Å². The first-order valence-electron chi connectivity index (χ1n) is 6.10. The molecule has 0 atom stereocenters. The zero-order chi connectivity index (χ0) is 15.8. The maximum absolute atomic E-state index is 12.5. The third-order valence-corrected chi connectivity index (χ3v) is 3.48. The average molecular weight is 335 g/mol. The maximum Gasteiger partial charge on any atom is 0.416 e. The Labute approximate surface area is 129 Å². The van der Waals surface area contributed by atoms with Gasteiger partial charge in [-0.05, 0) is 18.1 Å². The Morgan fingerprint density at radius 3 is 1.81 bits per heavy atom. The molecule has 0 aliphatic heterocycles. The van der Waals surface area contributed by atoms with Crippen molar-refractivity contribution in [2.45, 2.75) is 25.9 Å².